The van der Waals surface area contributed by atoms with Gasteiger partial charge in [-0.3, -0.25) is 4.68 Å². The fourth-order valence-corrected chi connectivity index (χ4v) is 3.33. The van der Waals surface area contributed by atoms with Crippen molar-refractivity contribution in [2.75, 3.05) is 18.0 Å². The molecule has 2 aromatic heterocycles. The van der Waals surface area contributed by atoms with Crippen molar-refractivity contribution in [3.63, 3.8) is 0 Å². The summed E-state index contributed by atoms with van der Waals surface area (Å²) in [6.45, 7) is 6.62. The van der Waals surface area contributed by atoms with E-state index in [0.717, 1.165) is 56.1 Å². The average Bonchev–Trinajstić information content (AvgIpc) is 3.04. The second-order valence-electron chi connectivity index (χ2n) is 6.60. The Morgan fingerprint density at radius 2 is 2.24 bits per heavy atom. The van der Waals surface area contributed by atoms with Crippen LogP contribution in [0.5, 0.6) is 0 Å². The molecule has 8 nitrogen and oxygen atoms in total. The van der Waals surface area contributed by atoms with Gasteiger partial charge in [0.25, 0.3) is 0 Å². The summed E-state index contributed by atoms with van der Waals surface area (Å²) in [4.78, 5) is 22.3. The van der Waals surface area contributed by atoms with Crippen LogP contribution in [0.3, 0.4) is 0 Å². The number of aromatic carboxylic acids is 1. The second-order valence-corrected chi connectivity index (χ2v) is 6.60. The Labute approximate surface area is 146 Å². The molecule has 2 aromatic rings. The summed E-state index contributed by atoms with van der Waals surface area (Å²) in [7, 11) is 0. The van der Waals surface area contributed by atoms with Crippen LogP contribution in [0.4, 0.5) is 5.82 Å². The first-order chi connectivity index (χ1) is 12.0. The number of hydrogen-bond donors (Lipinski definition) is 1. The number of carbonyl (C=O) groups is 1. The molecule has 0 amide bonds. The molecule has 3 rings (SSSR count). The highest BCUT2D eigenvalue weighted by molar-refractivity contribution is 5.84. The van der Waals surface area contributed by atoms with Gasteiger partial charge in [-0.2, -0.15) is 0 Å². The van der Waals surface area contributed by atoms with Gasteiger partial charge in [0.1, 0.15) is 11.6 Å². The summed E-state index contributed by atoms with van der Waals surface area (Å²) in [6, 6.07) is 2.09. The average molecular weight is 344 g/mol. The van der Waals surface area contributed by atoms with Crippen LogP contribution < -0.4 is 4.90 Å². The zero-order valence-electron chi connectivity index (χ0n) is 14.7. The highest BCUT2D eigenvalue weighted by atomic mass is 16.4. The smallest absolute Gasteiger partial charge is 0.358 e. The minimum Gasteiger partial charge on any atom is -0.476 e. The third-order valence-corrected chi connectivity index (χ3v) is 4.43. The predicted molar refractivity (Wildman–Crippen MR) is 92.7 cm³/mol. The molecular formula is C17H24N6O2. The first-order valence-electron chi connectivity index (χ1n) is 8.78. The van der Waals surface area contributed by atoms with Crippen LogP contribution in [-0.4, -0.2) is 49.1 Å². The van der Waals surface area contributed by atoms with Gasteiger partial charge in [-0.25, -0.2) is 14.8 Å². The van der Waals surface area contributed by atoms with E-state index in [1.807, 2.05) is 6.92 Å². The second kappa shape index (κ2) is 7.58. The lowest BCUT2D eigenvalue weighted by atomic mass is 9.98. The Kier molecular flexibility index (Phi) is 5.25. The predicted octanol–water partition coefficient (Wildman–Crippen LogP) is 1.94. The summed E-state index contributed by atoms with van der Waals surface area (Å²) >= 11 is 0. The number of carboxylic acids is 1. The van der Waals surface area contributed by atoms with Gasteiger partial charge >= 0.3 is 5.97 Å². The Hall–Kier alpha value is -2.51. The van der Waals surface area contributed by atoms with Crippen LogP contribution in [0.15, 0.2) is 12.3 Å². The van der Waals surface area contributed by atoms with Crippen molar-refractivity contribution in [2.45, 2.75) is 46.1 Å². The number of nitrogens with zero attached hydrogens (tertiary/aromatic N) is 6. The Bertz CT molecular complexity index is 744. The van der Waals surface area contributed by atoms with E-state index in [0.29, 0.717) is 12.5 Å². The van der Waals surface area contributed by atoms with E-state index in [1.165, 1.54) is 6.20 Å². The summed E-state index contributed by atoms with van der Waals surface area (Å²) < 4.78 is 1.63. The van der Waals surface area contributed by atoms with Crippen molar-refractivity contribution in [1.29, 1.82) is 0 Å². The lowest BCUT2D eigenvalue weighted by molar-refractivity contribution is 0.0690. The molecule has 1 unspecified atom stereocenters. The fourth-order valence-electron chi connectivity index (χ4n) is 3.33. The van der Waals surface area contributed by atoms with Gasteiger partial charge < -0.3 is 10.0 Å². The van der Waals surface area contributed by atoms with Crippen molar-refractivity contribution in [1.82, 2.24) is 25.0 Å². The summed E-state index contributed by atoms with van der Waals surface area (Å²) in [5, 5.41) is 16.6. The highest BCUT2D eigenvalue weighted by Gasteiger charge is 2.23. The number of carboxylic acid groups (broad SMARTS) is 1. The van der Waals surface area contributed by atoms with Gasteiger partial charge in [0, 0.05) is 31.4 Å². The molecular weight excluding hydrogens is 320 g/mol. The third kappa shape index (κ3) is 4.32. The molecule has 0 aromatic carbocycles. The zero-order chi connectivity index (χ0) is 17.8. The van der Waals surface area contributed by atoms with E-state index >= 15 is 0 Å². The maximum absolute atomic E-state index is 10.9. The van der Waals surface area contributed by atoms with E-state index in [9.17, 15) is 4.79 Å². The SMILES string of the molecule is CCCc1cc(N2CCCC(Cn3cc(C(=O)O)nn3)C2)nc(C)n1. The Morgan fingerprint density at radius 1 is 1.40 bits per heavy atom. The molecule has 8 heteroatoms. The van der Waals surface area contributed by atoms with Crippen molar-refractivity contribution >= 4 is 11.8 Å². The molecule has 3 heterocycles. The van der Waals surface area contributed by atoms with Crippen LogP contribution in [0.25, 0.3) is 0 Å². The van der Waals surface area contributed by atoms with E-state index in [1.54, 1.807) is 4.68 Å². The molecule has 0 spiro atoms. The van der Waals surface area contributed by atoms with Crippen molar-refractivity contribution in [3.8, 4) is 0 Å². The molecule has 0 bridgehead atoms. The minimum absolute atomic E-state index is 0.0108. The van der Waals surface area contributed by atoms with E-state index < -0.39 is 5.97 Å². The quantitative estimate of drug-likeness (QED) is 0.855. The molecule has 0 saturated carbocycles. The molecule has 1 N–H and O–H groups in total. The summed E-state index contributed by atoms with van der Waals surface area (Å²) in [6.07, 6.45) is 5.69. The fraction of sp³-hybridized carbons (Fsp3) is 0.588. The number of hydrogen-bond acceptors (Lipinski definition) is 6. The normalized spacial score (nSPS) is 17.7. The van der Waals surface area contributed by atoms with Crippen LogP contribution in [0, 0.1) is 12.8 Å². The van der Waals surface area contributed by atoms with Gasteiger partial charge in [-0.15, -0.1) is 5.10 Å². The Balaban J connectivity index is 1.69. The number of rotatable bonds is 6. The zero-order valence-corrected chi connectivity index (χ0v) is 14.7. The van der Waals surface area contributed by atoms with E-state index in [-0.39, 0.29) is 5.69 Å². The van der Waals surface area contributed by atoms with Gasteiger partial charge in [0.2, 0.25) is 0 Å². The van der Waals surface area contributed by atoms with Gasteiger partial charge in [0.15, 0.2) is 5.69 Å². The largest absolute Gasteiger partial charge is 0.476 e. The maximum Gasteiger partial charge on any atom is 0.358 e. The van der Waals surface area contributed by atoms with E-state index in [4.69, 9.17) is 5.11 Å². The molecule has 1 aliphatic rings. The third-order valence-electron chi connectivity index (χ3n) is 4.43. The summed E-state index contributed by atoms with van der Waals surface area (Å²) in [5.74, 6) is 1.15. The number of aromatic nitrogens is 5. The van der Waals surface area contributed by atoms with Crippen LogP contribution in [0.1, 0.15) is 48.2 Å². The van der Waals surface area contributed by atoms with Crippen LogP contribution >= 0.6 is 0 Å². The monoisotopic (exact) mass is 344 g/mol. The number of piperidine rings is 1. The standard InChI is InChI=1S/C17H24N6O2/c1-3-5-14-8-16(19-12(2)18-14)22-7-4-6-13(9-22)10-23-11-15(17(24)25)20-21-23/h8,11,13H,3-7,9-10H2,1-2H3,(H,24,25). The lowest BCUT2D eigenvalue weighted by Crippen LogP contribution is -2.38. The molecule has 1 fully saturated rings. The van der Waals surface area contributed by atoms with Crippen LogP contribution in [-0.2, 0) is 13.0 Å². The molecule has 1 aliphatic heterocycles. The van der Waals surface area contributed by atoms with Gasteiger partial charge in [-0.05, 0) is 32.1 Å². The Morgan fingerprint density at radius 3 is 2.96 bits per heavy atom. The minimum atomic E-state index is -1.04. The lowest BCUT2D eigenvalue weighted by Gasteiger charge is -2.33. The summed E-state index contributed by atoms with van der Waals surface area (Å²) in [5.41, 5.74) is 1.08. The van der Waals surface area contributed by atoms with Crippen molar-refractivity contribution in [2.24, 2.45) is 5.92 Å². The van der Waals surface area contributed by atoms with Crippen molar-refractivity contribution < 1.29 is 9.90 Å². The maximum atomic E-state index is 10.9. The van der Waals surface area contributed by atoms with Crippen molar-refractivity contribution in [3.05, 3.63) is 29.5 Å². The number of aryl methyl sites for hydroxylation is 2. The highest BCUT2D eigenvalue weighted by Crippen LogP contribution is 2.23. The van der Waals surface area contributed by atoms with E-state index in [2.05, 4.69) is 38.2 Å². The first kappa shape index (κ1) is 17.3. The van der Waals surface area contributed by atoms with Gasteiger partial charge in [-0.1, -0.05) is 18.6 Å². The van der Waals surface area contributed by atoms with Crippen LogP contribution in [0.2, 0.25) is 0 Å². The first-order valence-corrected chi connectivity index (χ1v) is 8.78. The topological polar surface area (TPSA) is 97.0 Å². The number of anilines is 1. The molecule has 134 valence electrons. The molecule has 1 saturated heterocycles. The molecule has 0 radical (unpaired) electrons. The molecule has 0 aliphatic carbocycles. The molecule has 25 heavy (non-hydrogen) atoms. The van der Waals surface area contributed by atoms with Gasteiger partial charge in [0.05, 0.1) is 6.20 Å². The molecule has 1 atom stereocenters.